The molecule has 1 fully saturated rings. The zero-order valence-electron chi connectivity index (χ0n) is 16.1. The van der Waals surface area contributed by atoms with E-state index in [0.29, 0.717) is 32.6 Å². The van der Waals surface area contributed by atoms with Gasteiger partial charge in [-0.15, -0.1) is 0 Å². The number of aryl methyl sites for hydroxylation is 1. The van der Waals surface area contributed by atoms with E-state index in [1.54, 1.807) is 7.11 Å². The smallest absolute Gasteiger partial charge is 0.228 e. The van der Waals surface area contributed by atoms with Gasteiger partial charge in [0.1, 0.15) is 5.75 Å². The van der Waals surface area contributed by atoms with E-state index in [2.05, 4.69) is 0 Å². The molecule has 0 N–H and O–H groups in total. The van der Waals surface area contributed by atoms with Gasteiger partial charge >= 0.3 is 0 Å². The molecular weight excluding hydrogens is 316 g/mol. The van der Waals surface area contributed by atoms with E-state index in [-0.39, 0.29) is 17.2 Å². The summed E-state index contributed by atoms with van der Waals surface area (Å²) in [5.41, 5.74) is 1.65. The SMILES string of the molecule is COc1ccc(C)cc1CC(=O)N1CCCN(C(=O)C(C)(C)C)CC1. The highest BCUT2D eigenvalue weighted by atomic mass is 16.5. The van der Waals surface area contributed by atoms with Crippen LogP contribution < -0.4 is 4.74 Å². The first kappa shape index (κ1) is 19.3. The van der Waals surface area contributed by atoms with Crippen molar-refractivity contribution >= 4 is 11.8 Å². The number of rotatable bonds is 3. The second-order valence-electron chi connectivity index (χ2n) is 7.77. The number of amides is 2. The van der Waals surface area contributed by atoms with E-state index in [0.717, 1.165) is 23.3 Å². The molecule has 2 rings (SSSR count). The van der Waals surface area contributed by atoms with Gasteiger partial charge in [-0.1, -0.05) is 38.5 Å². The van der Waals surface area contributed by atoms with E-state index in [1.165, 1.54) is 0 Å². The van der Waals surface area contributed by atoms with E-state index in [9.17, 15) is 9.59 Å². The molecule has 0 saturated carbocycles. The topological polar surface area (TPSA) is 49.9 Å². The van der Waals surface area contributed by atoms with Gasteiger partial charge in [0, 0.05) is 37.2 Å². The summed E-state index contributed by atoms with van der Waals surface area (Å²) in [4.78, 5) is 29.0. The largest absolute Gasteiger partial charge is 0.496 e. The molecule has 1 aliphatic rings. The van der Waals surface area contributed by atoms with Crippen LogP contribution in [0.2, 0.25) is 0 Å². The Morgan fingerprint density at radius 1 is 1.08 bits per heavy atom. The summed E-state index contributed by atoms with van der Waals surface area (Å²) in [7, 11) is 1.63. The Morgan fingerprint density at radius 2 is 1.72 bits per heavy atom. The number of ether oxygens (including phenoxy) is 1. The summed E-state index contributed by atoms with van der Waals surface area (Å²) in [5, 5.41) is 0. The minimum Gasteiger partial charge on any atom is -0.496 e. The maximum absolute atomic E-state index is 12.7. The van der Waals surface area contributed by atoms with E-state index in [4.69, 9.17) is 4.74 Å². The van der Waals surface area contributed by atoms with Crippen molar-refractivity contribution in [2.24, 2.45) is 5.41 Å². The van der Waals surface area contributed by atoms with Crippen LogP contribution in [0.5, 0.6) is 5.75 Å². The van der Waals surface area contributed by atoms with Crippen molar-refractivity contribution < 1.29 is 14.3 Å². The molecule has 1 aromatic rings. The van der Waals surface area contributed by atoms with Crippen molar-refractivity contribution in [3.8, 4) is 5.75 Å². The number of carbonyl (C=O) groups excluding carboxylic acids is 2. The quantitative estimate of drug-likeness (QED) is 0.845. The van der Waals surface area contributed by atoms with Crippen LogP contribution in [0.1, 0.15) is 38.3 Å². The molecule has 138 valence electrons. The fourth-order valence-corrected chi connectivity index (χ4v) is 3.16. The van der Waals surface area contributed by atoms with Crippen LogP contribution in [-0.2, 0) is 16.0 Å². The predicted molar refractivity (Wildman–Crippen MR) is 98.7 cm³/mol. The van der Waals surface area contributed by atoms with Crippen LogP contribution in [0.4, 0.5) is 0 Å². The second-order valence-corrected chi connectivity index (χ2v) is 7.77. The molecule has 1 aromatic carbocycles. The van der Waals surface area contributed by atoms with E-state index >= 15 is 0 Å². The Morgan fingerprint density at radius 3 is 2.36 bits per heavy atom. The first-order valence-electron chi connectivity index (χ1n) is 8.93. The molecule has 5 nitrogen and oxygen atoms in total. The highest BCUT2D eigenvalue weighted by Gasteiger charge is 2.29. The Hall–Kier alpha value is -2.04. The number of methoxy groups -OCH3 is 1. The van der Waals surface area contributed by atoms with E-state index < -0.39 is 0 Å². The predicted octanol–water partition coefficient (Wildman–Crippen LogP) is 2.65. The van der Waals surface area contributed by atoms with Crippen molar-refractivity contribution in [2.45, 2.75) is 40.5 Å². The molecule has 0 radical (unpaired) electrons. The van der Waals surface area contributed by atoms with Crippen LogP contribution in [0.15, 0.2) is 18.2 Å². The molecule has 1 heterocycles. The summed E-state index contributed by atoms with van der Waals surface area (Å²) < 4.78 is 5.38. The maximum atomic E-state index is 12.7. The molecular formula is C20H30N2O3. The second kappa shape index (κ2) is 7.89. The maximum Gasteiger partial charge on any atom is 0.228 e. The number of nitrogens with zero attached hydrogens (tertiary/aromatic N) is 2. The third kappa shape index (κ3) is 4.97. The van der Waals surface area contributed by atoms with Crippen molar-refractivity contribution in [1.29, 1.82) is 0 Å². The molecule has 0 unspecified atom stereocenters. The van der Waals surface area contributed by atoms with Gasteiger partial charge in [-0.2, -0.15) is 0 Å². The molecule has 0 aliphatic carbocycles. The lowest BCUT2D eigenvalue weighted by atomic mass is 9.94. The third-order valence-electron chi connectivity index (χ3n) is 4.55. The van der Waals surface area contributed by atoms with Crippen molar-refractivity contribution in [3.05, 3.63) is 29.3 Å². The molecule has 1 aliphatic heterocycles. The first-order chi connectivity index (χ1) is 11.7. The molecule has 0 spiro atoms. The van der Waals surface area contributed by atoms with Gasteiger partial charge in [0.25, 0.3) is 0 Å². The number of hydrogen-bond acceptors (Lipinski definition) is 3. The average molecular weight is 346 g/mol. The lowest BCUT2D eigenvalue weighted by Crippen LogP contribution is -2.42. The van der Waals surface area contributed by atoms with Gasteiger partial charge in [0.2, 0.25) is 11.8 Å². The summed E-state index contributed by atoms with van der Waals surface area (Å²) >= 11 is 0. The van der Waals surface area contributed by atoms with Crippen LogP contribution in [0, 0.1) is 12.3 Å². The Kier molecular flexibility index (Phi) is 6.09. The van der Waals surface area contributed by atoms with Gasteiger partial charge in [0.05, 0.1) is 13.5 Å². The van der Waals surface area contributed by atoms with Crippen LogP contribution in [0.3, 0.4) is 0 Å². The number of carbonyl (C=O) groups is 2. The lowest BCUT2D eigenvalue weighted by molar-refractivity contribution is -0.139. The van der Waals surface area contributed by atoms with Gasteiger partial charge in [0.15, 0.2) is 0 Å². The highest BCUT2D eigenvalue weighted by molar-refractivity contribution is 5.82. The third-order valence-corrected chi connectivity index (χ3v) is 4.55. The van der Waals surface area contributed by atoms with Crippen LogP contribution in [-0.4, -0.2) is 54.9 Å². The minimum absolute atomic E-state index is 0.0916. The highest BCUT2D eigenvalue weighted by Crippen LogP contribution is 2.22. The van der Waals surface area contributed by atoms with Crippen molar-refractivity contribution in [1.82, 2.24) is 9.80 Å². The van der Waals surface area contributed by atoms with Gasteiger partial charge in [-0.3, -0.25) is 9.59 Å². The molecule has 0 bridgehead atoms. The van der Waals surface area contributed by atoms with Gasteiger partial charge < -0.3 is 14.5 Å². The fourth-order valence-electron chi connectivity index (χ4n) is 3.16. The Bertz CT molecular complexity index is 634. The van der Waals surface area contributed by atoms with Crippen molar-refractivity contribution in [3.63, 3.8) is 0 Å². The summed E-state index contributed by atoms with van der Waals surface area (Å²) in [5.74, 6) is 0.995. The summed E-state index contributed by atoms with van der Waals surface area (Å²) in [6.07, 6.45) is 1.15. The average Bonchev–Trinajstić information content (AvgIpc) is 2.79. The molecule has 5 heteroatoms. The first-order valence-corrected chi connectivity index (χ1v) is 8.93. The molecule has 1 saturated heterocycles. The molecule has 25 heavy (non-hydrogen) atoms. The monoisotopic (exact) mass is 346 g/mol. The Balaban J connectivity index is 2.02. The molecule has 0 aromatic heterocycles. The molecule has 0 atom stereocenters. The van der Waals surface area contributed by atoms with Crippen LogP contribution in [0.25, 0.3) is 0 Å². The summed E-state index contributed by atoms with van der Waals surface area (Å²) in [6, 6.07) is 5.89. The lowest BCUT2D eigenvalue weighted by Gasteiger charge is -2.28. The normalized spacial score (nSPS) is 15.7. The van der Waals surface area contributed by atoms with Crippen molar-refractivity contribution in [2.75, 3.05) is 33.3 Å². The summed E-state index contributed by atoms with van der Waals surface area (Å²) in [6.45, 7) is 10.4. The van der Waals surface area contributed by atoms with Gasteiger partial charge in [-0.25, -0.2) is 0 Å². The van der Waals surface area contributed by atoms with Gasteiger partial charge in [-0.05, 0) is 19.4 Å². The van der Waals surface area contributed by atoms with E-state index in [1.807, 2.05) is 55.7 Å². The van der Waals surface area contributed by atoms with Crippen LogP contribution >= 0.6 is 0 Å². The Labute approximate surface area is 150 Å². The zero-order chi connectivity index (χ0) is 18.6. The molecule has 2 amide bonds. The number of hydrogen-bond donors (Lipinski definition) is 0. The fraction of sp³-hybridized carbons (Fsp3) is 0.600. The minimum atomic E-state index is -0.381. The zero-order valence-corrected chi connectivity index (χ0v) is 16.1. The standard InChI is InChI=1S/C20H30N2O3/c1-15-7-8-17(25-5)16(13-15)14-18(23)21-9-6-10-22(12-11-21)19(24)20(2,3)4/h7-8,13H,6,9-12,14H2,1-5H3. The number of benzene rings is 1.